The van der Waals surface area contributed by atoms with Gasteiger partial charge in [0.1, 0.15) is 23.1 Å². The predicted octanol–water partition coefficient (Wildman–Crippen LogP) is 1.23. The molecule has 0 aliphatic carbocycles. The number of anilines is 2. The second kappa shape index (κ2) is 10.1. The smallest absolute Gasteiger partial charge is 0.267 e. The highest BCUT2D eigenvalue weighted by atomic mass is 32.2. The van der Waals surface area contributed by atoms with Crippen LogP contribution in [-0.4, -0.2) is 67.4 Å². The molecular weight excluding hydrogens is 492 g/mol. The summed E-state index contributed by atoms with van der Waals surface area (Å²) in [5.41, 5.74) is 1.05. The lowest BCUT2D eigenvalue weighted by Crippen LogP contribution is -2.47. The third-order valence-electron chi connectivity index (χ3n) is 6.67. The molecule has 1 atom stereocenters. The van der Waals surface area contributed by atoms with Gasteiger partial charge in [-0.2, -0.15) is 5.26 Å². The van der Waals surface area contributed by atoms with E-state index in [0.717, 1.165) is 5.69 Å². The first kappa shape index (κ1) is 24.5. The van der Waals surface area contributed by atoms with Crippen molar-refractivity contribution >= 4 is 39.0 Å². The molecule has 10 nitrogen and oxygen atoms in total. The molecule has 0 bridgehead atoms. The number of rotatable bonds is 5. The Morgan fingerprint density at radius 1 is 1.05 bits per heavy atom. The lowest BCUT2D eigenvalue weighted by molar-refractivity contribution is -0.117. The van der Waals surface area contributed by atoms with E-state index in [4.69, 9.17) is 4.98 Å². The zero-order valence-corrected chi connectivity index (χ0v) is 20.9. The maximum atomic E-state index is 13.5. The first-order valence-electron chi connectivity index (χ1n) is 12.0. The van der Waals surface area contributed by atoms with Gasteiger partial charge in [0.25, 0.3) is 11.5 Å². The first-order chi connectivity index (χ1) is 17.8. The van der Waals surface area contributed by atoms with E-state index < -0.39 is 27.3 Å². The number of nitrogens with one attached hydrogen (secondary N) is 1. The van der Waals surface area contributed by atoms with Crippen LogP contribution >= 0.6 is 0 Å². The minimum absolute atomic E-state index is 0.00139. The summed E-state index contributed by atoms with van der Waals surface area (Å²) >= 11 is 0. The van der Waals surface area contributed by atoms with Crippen molar-refractivity contribution < 1.29 is 13.2 Å². The fraction of sp³-hybridized carbons (Fsp3) is 0.308. The van der Waals surface area contributed by atoms with Crippen LogP contribution in [0.5, 0.6) is 0 Å². The molecule has 0 unspecified atom stereocenters. The Hall–Kier alpha value is -4.17. The Bertz CT molecular complexity index is 1570. The second-order valence-electron chi connectivity index (χ2n) is 9.14. The van der Waals surface area contributed by atoms with Crippen molar-refractivity contribution in [2.45, 2.75) is 12.5 Å². The number of carbonyl (C=O) groups excluding carboxylic acids is 1. The number of hydrogen-bond donors (Lipinski definition) is 1. The number of piperazine rings is 1. The number of nitriles is 1. The molecule has 5 rings (SSSR count). The molecule has 37 heavy (non-hydrogen) atoms. The number of para-hydroxylation sites is 1. The molecule has 0 saturated carbocycles. The molecule has 1 aromatic carbocycles. The number of carbonyl (C=O) groups is 1. The average molecular weight is 519 g/mol. The van der Waals surface area contributed by atoms with Gasteiger partial charge < -0.3 is 15.1 Å². The van der Waals surface area contributed by atoms with Crippen molar-refractivity contribution in [3.05, 3.63) is 76.2 Å². The Morgan fingerprint density at radius 2 is 1.76 bits per heavy atom. The summed E-state index contributed by atoms with van der Waals surface area (Å²) in [4.78, 5) is 35.3. The number of benzene rings is 1. The van der Waals surface area contributed by atoms with E-state index in [2.05, 4.69) is 22.3 Å². The molecule has 0 radical (unpaired) electrons. The van der Waals surface area contributed by atoms with Crippen LogP contribution in [0.1, 0.15) is 12.0 Å². The fourth-order valence-electron chi connectivity index (χ4n) is 4.74. The maximum absolute atomic E-state index is 13.5. The van der Waals surface area contributed by atoms with E-state index in [1.807, 2.05) is 29.2 Å². The normalized spacial score (nSPS) is 19.5. The standard InChI is InChI=1S/C26H26N6O4S/c27-17-19(25(33)28-20-9-15-37(35,36)18-20)16-22-24(29-23-8-4-5-10-32(23)26(22)34)31-13-11-30(12-14-31)21-6-2-1-3-7-21/h1-8,10,16,20H,9,11-15,18H2,(H,28,33)/b19-16+/t20-/m0/s1. The molecule has 2 aromatic heterocycles. The monoisotopic (exact) mass is 518 g/mol. The molecule has 2 aliphatic heterocycles. The minimum atomic E-state index is -3.20. The Morgan fingerprint density at radius 3 is 2.43 bits per heavy atom. The fourth-order valence-corrected chi connectivity index (χ4v) is 6.41. The first-order valence-corrected chi connectivity index (χ1v) is 13.9. The molecule has 1 N–H and O–H groups in total. The zero-order chi connectivity index (χ0) is 26.0. The second-order valence-corrected chi connectivity index (χ2v) is 11.4. The number of hydrogen-bond acceptors (Lipinski definition) is 8. The van der Waals surface area contributed by atoms with Gasteiger partial charge in [-0.3, -0.25) is 14.0 Å². The third-order valence-corrected chi connectivity index (χ3v) is 8.44. The van der Waals surface area contributed by atoms with Crippen molar-refractivity contribution in [3.8, 4) is 6.07 Å². The molecule has 190 valence electrons. The van der Waals surface area contributed by atoms with Crippen LogP contribution in [0.25, 0.3) is 11.7 Å². The van der Waals surface area contributed by atoms with Crippen molar-refractivity contribution in [2.24, 2.45) is 0 Å². The largest absolute Gasteiger partial charge is 0.368 e. The van der Waals surface area contributed by atoms with Gasteiger partial charge in [0.15, 0.2) is 9.84 Å². The summed E-state index contributed by atoms with van der Waals surface area (Å²) in [6, 6.07) is 16.6. The molecule has 11 heteroatoms. The summed E-state index contributed by atoms with van der Waals surface area (Å²) in [6.45, 7) is 2.62. The quantitative estimate of drug-likeness (QED) is 0.395. The van der Waals surface area contributed by atoms with Crippen LogP contribution in [0.4, 0.5) is 11.5 Å². The summed E-state index contributed by atoms with van der Waals surface area (Å²) in [6.07, 6.45) is 3.16. The molecule has 2 aliphatic rings. The summed E-state index contributed by atoms with van der Waals surface area (Å²) in [7, 11) is -3.20. The SMILES string of the molecule is N#C/C(=C\c1c(N2CCN(c3ccccc3)CC2)nc2ccccn2c1=O)C(=O)N[C@H]1CCS(=O)(=O)C1. The van der Waals surface area contributed by atoms with E-state index in [9.17, 15) is 23.3 Å². The van der Waals surface area contributed by atoms with Gasteiger partial charge in [-0.1, -0.05) is 24.3 Å². The van der Waals surface area contributed by atoms with Gasteiger partial charge in [-0.05, 0) is 36.8 Å². The number of amides is 1. The Kier molecular flexibility index (Phi) is 6.67. The van der Waals surface area contributed by atoms with Gasteiger partial charge in [0, 0.05) is 44.1 Å². The van der Waals surface area contributed by atoms with Crippen LogP contribution in [0, 0.1) is 11.3 Å². The van der Waals surface area contributed by atoms with Crippen LogP contribution in [0.3, 0.4) is 0 Å². The van der Waals surface area contributed by atoms with Crippen LogP contribution in [-0.2, 0) is 14.6 Å². The highest BCUT2D eigenvalue weighted by molar-refractivity contribution is 7.91. The number of pyridine rings is 1. The predicted molar refractivity (Wildman–Crippen MR) is 141 cm³/mol. The zero-order valence-electron chi connectivity index (χ0n) is 20.1. The lowest BCUT2D eigenvalue weighted by Gasteiger charge is -2.37. The van der Waals surface area contributed by atoms with E-state index in [0.29, 0.717) is 44.1 Å². The minimum Gasteiger partial charge on any atom is -0.368 e. The summed E-state index contributed by atoms with van der Waals surface area (Å²) in [5, 5.41) is 12.4. The average Bonchev–Trinajstić information content (AvgIpc) is 3.26. The van der Waals surface area contributed by atoms with Crippen molar-refractivity contribution in [1.29, 1.82) is 5.26 Å². The van der Waals surface area contributed by atoms with Crippen LogP contribution < -0.4 is 20.7 Å². The number of aromatic nitrogens is 2. The number of sulfone groups is 1. The summed E-state index contributed by atoms with van der Waals surface area (Å²) < 4.78 is 24.9. The lowest BCUT2D eigenvalue weighted by atomic mass is 10.1. The number of fused-ring (bicyclic) bond motifs is 1. The van der Waals surface area contributed by atoms with Gasteiger partial charge in [-0.15, -0.1) is 0 Å². The maximum Gasteiger partial charge on any atom is 0.267 e. The molecule has 4 heterocycles. The molecule has 3 aromatic rings. The third kappa shape index (κ3) is 5.20. The van der Waals surface area contributed by atoms with Crippen molar-refractivity contribution in [1.82, 2.24) is 14.7 Å². The molecule has 2 saturated heterocycles. The number of nitrogens with zero attached hydrogens (tertiary/aromatic N) is 5. The van der Waals surface area contributed by atoms with E-state index in [1.165, 1.54) is 10.5 Å². The van der Waals surface area contributed by atoms with Gasteiger partial charge in [-0.25, -0.2) is 13.4 Å². The topological polar surface area (TPSA) is 128 Å². The highest BCUT2D eigenvalue weighted by Gasteiger charge is 2.30. The van der Waals surface area contributed by atoms with Gasteiger partial charge >= 0.3 is 0 Å². The molecule has 2 fully saturated rings. The van der Waals surface area contributed by atoms with Gasteiger partial charge in [0.2, 0.25) is 0 Å². The Balaban J connectivity index is 1.47. The molecular formula is C26H26N6O4S. The Labute approximate surface area is 214 Å². The van der Waals surface area contributed by atoms with Crippen molar-refractivity contribution in [2.75, 3.05) is 47.5 Å². The van der Waals surface area contributed by atoms with Gasteiger partial charge in [0.05, 0.1) is 17.1 Å². The van der Waals surface area contributed by atoms with E-state index >= 15 is 0 Å². The van der Waals surface area contributed by atoms with Crippen LogP contribution in [0.2, 0.25) is 0 Å². The molecule has 1 amide bonds. The van der Waals surface area contributed by atoms with Crippen LogP contribution in [0.15, 0.2) is 65.1 Å². The molecule has 0 spiro atoms. The van der Waals surface area contributed by atoms with E-state index in [-0.39, 0.29) is 22.6 Å². The highest BCUT2D eigenvalue weighted by Crippen LogP contribution is 2.23. The van der Waals surface area contributed by atoms with Crippen molar-refractivity contribution in [3.63, 3.8) is 0 Å². The summed E-state index contributed by atoms with van der Waals surface area (Å²) in [5.74, 6) is -0.456. The van der Waals surface area contributed by atoms with E-state index in [1.54, 1.807) is 24.4 Å².